The van der Waals surface area contributed by atoms with Gasteiger partial charge in [-0.1, -0.05) is 12.1 Å². The van der Waals surface area contributed by atoms with Gasteiger partial charge in [0.25, 0.3) is 0 Å². The Morgan fingerprint density at radius 2 is 1.97 bits per heavy atom. The number of ether oxygens (including phenoxy) is 2. The first-order valence-electron chi connectivity index (χ1n) is 9.22. The van der Waals surface area contributed by atoms with E-state index in [4.69, 9.17) is 9.47 Å². The highest BCUT2D eigenvalue weighted by atomic mass is 19.1. The van der Waals surface area contributed by atoms with Gasteiger partial charge in [0.1, 0.15) is 17.1 Å². The van der Waals surface area contributed by atoms with Gasteiger partial charge in [0, 0.05) is 23.7 Å². The Morgan fingerprint density at radius 1 is 1.24 bits per heavy atom. The maximum atomic E-state index is 14.9. The van der Waals surface area contributed by atoms with E-state index >= 15 is 0 Å². The van der Waals surface area contributed by atoms with E-state index in [0.717, 1.165) is 0 Å². The molecule has 29 heavy (non-hydrogen) atoms. The molecule has 2 aromatic rings. The van der Waals surface area contributed by atoms with Crippen molar-refractivity contribution in [2.24, 2.45) is 0 Å². The van der Waals surface area contributed by atoms with Crippen molar-refractivity contribution in [3.8, 4) is 11.5 Å². The molecule has 1 aliphatic rings. The summed E-state index contributed by atoms with van der Waals surface area (Å²) in [6.45, 7) is 5.90. The van der Waals surface area contributed by atoms with E-state index in [0.29, 0.717) is 24.3 Å². The van der Waals surface area contributed by atoms with Crippen LogP contribution in [0.2, 0.25) is 0 Å². The van der Waals surface area contributed by atoms with Crippen LogP contribution in [0.5, 0.6) is 11.5 Å². The zero-order valence-electron chi connectivity index (χ0n) is 16.6. The van der Waals surface area contributed by atoms with Crippen molar-refractivity contribution in [3.63, 3.8) is 0 Å². The van der Waals surface area contributed by atoms with Gasteiger partial charge in [0.2, 0.25) is 0 Å². The second-order valence-electron chi connectivity index (χ2n) is 8.04. The second-order valence-corrected chi connectivity index (χ2v) is 8.04. The molecule has 2 aromatic carbocycles. The van der Waals surface area contributed by atoms with Gasteiger partial charge < -0.3 is 19.7 Å². The third-order valence-electron chi connectivity index (χ3n) is 4.53. The quantitative estimate of drug-likeness (QED) is 0.608. The molecule has 0 saturated carbocycles. The predicted molar refractivity (Wildman–Crippen MR) is 105 cm³/mol. The van der Waals surface area contributed by atoms with E-state index in [9.17, 15) is 19.4 Å². The number of benzene rings is 2. The number of halogens is 1. The molecule has 0 unspecified atom stereocenters. The Kier molecular flexibility index (Phi) is 5.68. The average molecular weight is 404 g/mol. The highest BCUT2D eigenvalue weighted by molar-refractivity contribution is 5.85. The molecule has 1 fully saturated rings. The van der Waals surface area contributed by atoms with Gasteiger partial charge in [-0.05, 0) is 39.0 Å². The largest absolute Gasteiger partial charge is 0.508 e. The first kappa shape index (κ1) is 20.9. The molecule has 7 nitrogen and oxygen atoms in total. The summed E-state index contributed by atoms with van der Waals surface area (Å²) in [7, 11) is 0. The Bertz CT molecular complexity index is 906. The van der Waals surface area contributed by atoms with Gasteiger partial charge in [-0.3, -0.25) is 10.6 Å². The standard InChI is InChI=1S/C21H25FN2O5/c1-20(2,3)29-19(27)24-16-6-4-5-13(18(16)22)10-23-21(11-28-12-21)15-8-7-14(25)9-17(15)26/h4-9,23,25-26H,10-12H2,1-3H3,(H,24,27). The summed E-state index contributed by atoms with van der Waals surface area (Å²) in [5, 5.41) is 25.4. The molecule has 0 aromatic heterocycles. The summed E-state index contributed by atoms with van der Waals surface area (Å²) in [5.41, 5.74) is -0.473. The van der Waals surface area contributed by atoms with E-state index in [1.165, 1.54) is 18.2 Å². The van der Waals surface area contributed by atoms with E-state index in [-0.39, 0.29) is 23.7 Å². The number of rotatable bonds is 5. The fourth-order valence-corrected chi connectivity index (χ4v) is 3.07. The lowest BCUT2D eigenvalue weighted by Crippen LogP contribution is -2.57. The third-order valence-corrected chi connectivity index (χ3v) is 4.53. The first-order chi connectivity index (χ1) is 13.6. The smallest absolute Gasteiger partial charge is 0.412 e. The minimum Gasteiger partial charge on any atom is -0.508 e. The average Bonchev–Trinajstić information content (AvgIpc) is 2.56. The Labute approximate surface area is 168 Å². The molecular weight excluding hydrogens is 379 g/mol. The maximum absolute atomic E-state index is 14.9. The normalized spacial score (nSPS) is 15.4. The fraction of sp³-hybridized carbons (Fsp3) is 0.381. The van der Waals surface area contributed by atoms with Crippen molar-refractivity contribution in [1.29, 1.82) is 0 Å². The molecule has 1 saturated heterocycles. The number of aromatic hydroxyl groups is 2. The van der Waals surface area contributed by atoms with Crippen LogP contribution in [0.4, 0.5) is 14.9 Å². The lowest BCUT2D eigenvalue weighted by Gasteiger charge is -2.43. The van der Waals surface area contributed by atoms with E-state index in [2.05, 4.69) is 10.6 Å². The van der Waals surface area contributed by atoms with Crippen LogP contribution in [0, 0.1) is 5.82 Å². The Morgan fingerprint density at radius 3 is 2.55 bits per heavy atom. The van der Waals surface area contributed by atoms with Gasteiger partial charge in [0.05, 0.1) is 24.4 Å². The fourth-order valence-electron chi connectivity index (χ4n) is 3.07. The Balaban J connectivity index is 1.74. The van der Waals surface area contributed by atoms with E-state index in [1.807, 2.05) is 0 Å². The first-order valence-corrected chi connectivity index (χ1v) is 9.22. The molecule has 1 aliphatic heterocycles. The number of hydrogen-bond donors (Lipinski definition) is 4. The molecule has 3 rings (SSSR count). The lowest BCUT2D eigenvalue weighted by molar-refractivity contribution is -0.0806. The Hall–Kier alpha value is -2.84. The maximum Gasteiger partial charge on any atom is 0.412 e. The zero-order chi connectivity index (χ0) is 21.2. The summed E-state index contributed by atoms with van der Waals surface area (Å²) < 4.78 is 25.4. The number of phenols is 2. The van der Waals surface area contributed by atoms with Gasteiger partial charge in [-0.15, -0.1) is 0 Å². The minimum absolute atomic E-state index is 0.0185. The molecule has 0 bridgehead atoms. The van der Waals surface area contributed by atoms with Crippen molar-refractivity contribution >= 4 is 11.8 Å². The van der Waals surface area contributed by atoms with E-state index in [1.54, 1.807) is 39.0 Å². The summed E-state index contributed by atoms with van der Waals surface area (Å²) in [6.07, 6.45) is -0.737. The van der Waals surface area contributed by atoms with Gasteiger partial charge in [-0.25, -0.2) is 9.18 Å². The van der Waals surface area contributed by atoms with Crippen LogP contribution >= 0.6 is 0 Å². The highest BCUT2D eigenvalue weighted by Crippen LogP contribution is 2.37. The minimum atomic E-state index is -0.737. The number of anilines is 1. The van der Waals surface area contributed by atoms with Crippen molar-refractivity contribution in [2.45, 2.75) is 38.5 Å². The molecule has 4 N–H and O–H groups in total. The molecule has 156 valence electrons. The van der Waals surface area contributed by atoms with Crippen LogP contribution in [0.3, 0.4) is 0 Å². The third kappa shape index (κ3) is 4.78. The molecule has 0 aliphatic carbocycles. The number of amides is 1. The van der Waals surface area contributed by atoms with Crippen LogP contribution in [-0.4, -0.2) is 35.1 Å². The predicted octanol–water partition coefficient (Wildman–Crippen LogP) is 3.60. The molecular formula is C21H25FN2O5. The van der Waals surface area contributed by atoms with E-state index < -0.39 is 23.1 Å². The van der Waals surface area contributed by atoms with Crippen LogP contribution in [-0.2, 0) is 21.6 Å². The van der Waals surface area contributed by atoms with Crippen molar-refractivity contribution in [2.75, 3.05) is 18.5 Å². The van der Waals surface area contributed by atoms with Crippen LogP contribution in [0.15, 0.2) is 36.4 Å². The monoisotopic (exact) mass is 404 g/mol. The number of hydrogen-bond acceptors (Lipinski definition) is 6. The van der Waals surface area contributed by atoms with Gasteiger partial charge in [0.15, 0.2) is 5.82 Å². The number of carbonyl (C=O) groups is 1. The molecule has 0 atom stereocenters. The van der Waals surface area contributed by atoms with Gasteiger partial charge >= 0.3 is 6.09 Å². The molecule has 1 amide bonds. The molecule has 0 radical (unpaired) electrons. The van der Waals surface area contributed by atoms with Crippen molar-refractivity contribution < 1.29 is 28.9 Å². The summed E-state index contributed by atoms with van der Waals surface area (Å²) in [4.78, 5) is 11.9. The SMILES string of the molecule is CC(C)(C)OC(=O)Nc1cccc(CNC2(c3ccc(O)cc3O)COC2)c1F. The molecule has 8 heteroatoms. The number of carbonyl (C=O) groups excluding carboxylic acids is 1. The number of phenolic OH excluding ortho intramolecular Hbond substituents is 2. The molecule has 1 heterocycles. The number of nitrogens with one attached hydrogen (secondary N) is 2. The summed E-state index contributed by atoms with van der Waals surface area (Å²) in [6, 6.07) is 9.03. The molecule has 0 spiro atoms. The topological polar surface area (TPSA) is 100 Å². The van der Waals surface area contributed by atoms with Crippen LogP contribution in [0.1, 0.15) is 31.9 Å². The lowest BCUT2D eigenvalue weighted by atomic mass is 9.86. The highest BCUT2D eigenvalue weighted by Gasteiger charge is 2.42. The zero-order valence-corrected chi connectivity index (χ0v) is 16.6. The van der Waals surface area contributed by atoms with Crippen LogP contribution in [0.25, 0.3) is 0 Å². The van der Waals surface area contributed by atoms with Crippen molar-refractivity contribution in [1.82, 2.24) is 5.32 Å². The second kappa shape index (κ2) is 7.88. The van der Waals surface area contributed by atoms with Gasteiger partial charge in [-0.2, -0.15) is 0 Å². The van der Waals surface area contributed by atoms with Crippen LogP contribution < -0.4 is 10.6 Å². The van der Waals surface area contributed by atoms with Crippen molar-refractivity contribution in [3.05, 3.63) is 53.3 Å². The summed E-state index contributed by atoms with van der Waals surface area (Å²) in [5.74, 6) is -0.689. The summed E-state index contributed by atoms with van der Waals surface area (Å²) >= 11 is 0.